The first-order valence-electron chi connectivity index (χ1n) is 14.1. The van der Waals surface area contributed by atoms with Gasteiger partial charge in [0.25, 0.3) is 0 Å². The van der Waals surface area contributed by atoms with Gasteiger partial charge in [-0.1, -0.05) is 49.9 Å². The molecule has 0 spiro atoms. The lowest BCUT2D eigenvalue weighted by Gasteiger charge is -2.29. The van der Waals surface area contributed by atoms with Gasteiger partial charge in [0, 0.05) is 47.0 Å². The maximum atomic E-state index is 11.9. The van der Waals surface area contributed by atoms with Crippen molar-refractivity contribution >= 4 is 35.5 Å². The van der Waals surface area contributed by atoms with Crippen molar-refractivity contribution in [2.75, 3.05) is 37.9 Å². The number of hydrogen-bond acceptors (Lipinski definition) is 8. The quantitative estimate of drug-likeness (QED) is 0.107. The summed E-state index contributed by atoms with van der Waals surface area (Å²) in [6.07, 6.45) is 5.32. The summed E-state index contributed by atoms with van der Waals surface area (Å²) in [5, 5.41) is 0. The third-order valence-electron chi connectivity index (χ3n) is 6.68. The lowest BCUT2D eigenvalue weighted by molar-refractivity contribution is -0.150. The summed E-state index contributed by atoms with van der Waals surface area (Å²) in [6.45, 7) is 7.45. The molecule has 2 aromatic carbocycles. The highest BCUT2D eigenvalue weighted by molar-refractivity contribution is 7.99. The van der Waals surface area contributed by atoms with Gasteiger partial charge in [0.1, 0.15) is 12.2 Å². The van der Waals surface area contributed by atoms with Crippen molar-refractivity contribution in [2.24, 2.45) is 11.8 Å². The molecule has 0 N–H and O–H groups in total. The second kappa shape index (κ2) is 19.0. The molecule has 0 saturated heterocycles. The summed E-state index contributed by atoms with van der Waals surface area (Å²) in [4.78, 5) is 26.0. The fourth-order valence-electron chi connectivity index (χ4n) is 4.42. The van der Waals surface area contributed by atoms with Crippen LogP contribution in [0.3, 0.4) is 0 Å². The van der Waals surface area contributed by atoms with Crippen LogP contribution in [0.5, 0.6) is 0 Å². The lowest BCUT2D eigenvalue weighted by Crippen LogP contribution is -2.29. The Kier molecular flexibility index (Phi) is 15.3. The van der Waals surface area contributed by atoms with Crippen LogP contribution in [0.2, 0.25) is 0 Å². The van der Waals surface area contributed by atoms with Crippen LogP contribution in [0.15, 0.2) is 83.1 Å². The van der Waals surface area contributed by atoms with E-state index in [2.05, 4.69) is 18.7 Å². The first kappa shape index (κ1) is 32.3. The molecule has 1 saturated carbocycles. The average molecular weight is 587 g/mol. The molecule has 8 heteroatoms. The van der Waals surface area contributed by atoms with Crippen LogP contribution in [0.1, 0.15) is 39.0 Å². The molecule has 0 heterocycles. The van der Waals surface area contributed by atoms with E-state index >= 15 is 0 Å². The number of carbonyl (C=O) groups excluding carboxylic acids is 2. The molecule has 0 aliphatic heterocycles. The summed E-state index contributed by atoms with van der Waals surface area (Å²) < 4.78 is 23.2. The summed E-state index contributed by atoms with van der Waals surface area (Å²) in [5.41, 5.74) is 0. The zero-order chi connectivity index (χ0) is 28.4. The van der Waals surface area contributed by atoms with E-state index in [0.29, 0.717) is 56.2 Å². The fraction of sp³-hybridized carbons (Fsp3) is 0.500. The average Bonchev–Trinajstić information content (AvgIpc) is 3.00. The normalized spacial score (nSPS) is 18.4. The van der Waals surface area contributed by atoms with Gasteiger partial charge in [-0.25, -0.2) is 4.79 Å². The predicted molar refractivity (Wildman–Crippen MR) is 162 cm³/mol. The van der Waals surface area contributed by atoms with Crippen molar-refractivity contribution in [3.63, 3.8) is 0 Å². The third-order valence-corrected chi connectivity index (χ3v) is 8.96. The molecule has 2 atom stereocenters. The molecule has 1 aliphatic carbocycles. The fourth-order valence-corrected chi connectivity index (χ4v) is 6.21. The number of carbonyl (C=O) groups is 2. The Labute approximate surface area is 247 Å². The van der Waals surface area contributed by atoms with E-state index in [1.807, 2.05) is 55.5 Å². The van der Waals surface area contributed by atoms with E-state index in [-0.39, 0.29) is 18.2 Å². The summed E-state index contributed by atoms with van der Waals surface area (Å²) >= 11 is 3.33. The molecule has 0 radical (unpaired) electrons. The van der Waals surface area contributed by atoms with Crippen molar-refractivity contribution in [2.45, 2.75) is 61.0 Å². The van der Waals surface area contributed by atoms with Crippen molar-refractivity contribution in [1.29, 1.82) is 0 Å². The molecular formula is C32H42O6S2. The van der Waals surface area contributed by atoms with Gasteiger partial charge in [0.2, 0.25) is 0 Å². The topological polar surface area (TPSA) is 71.1 Å². The Morgan fingerprint density at radius 3 is 1.68 bits per heavy atom. The van der Waals surface area contributed by atoms with Crippen LogP contribution in [-0.4, -0.2) is 62.1 Å². The van der Waals surface area contributed by atoms with E-state index in [9.17, 15) is 9.59 Å². The van der Waals surface area contributed by atoms with Gasteiger partial charge in [-0.05, 0) is 61.8 Å². The van der Waals surface area contributed by atoms with Gasteiger partial charge in [-0.3, -0.25) is 4.79 Å². The number of hydrogen-bond donors (Lipinski definition) is 0. The molecule has 2 aromatic rings. The molecule has 1 fully saturated rings. The van der Waals surface area contributed by atoms with Crippen molar-refractivity contribution in [1.82, 2.24) is 0 Å². The summed E-state index contributed by atoms with van der Waals surface area (Å²) in [5.74, 6) is 1.69. The van der Waals surface area contributed by atoms with Gasteiger partial charge < -0.3 is 18.9 Å². The highest BCUT2D eigenvalue weighted by Gasteiger charge is 2.23. The zero-order valence-electron chi connectivity index (χ0n) is 23.4. The molecule has 6 nitrogen and oxygen atoms in total. The second-order valence-corrected chi connectivity index (χ2v) is 12.1. The highest BCUT2D eigenvalue weighted by atomic mass is 32.2. The minimum atomic E-state index is -0.423. The highest BCUT2D eigenvalue weighted by Crippen LogP contribution is 2.30. The minimum absolute atomic E-state index is 0.192. The second-order valence-electron chi connectivity index (χ2n) is 9.94. The summed E-state index contributed by atoms with van der Waals surface area (Å²) in [7, 11) is 0. The van der Waals surface area contributed by atoms with E-state index in [0.717, 1.165) is 35.5 Å². The third kappa shape index (κ3) is 12.9. The number of rotatable bonds is 18. The monoisotopic (exact) mass is 586 g/mol. The van der Waals surface area contributed by atoms with Gasteiger partial charge in [-0.2, -0.15) is 0 Å². The maximum absolute atomic E-state index is 11.9. The zero-order valence-corrected chi connectivity index (χ0v) is 25.0. The molecule has 1 aliphatic rings. The van der Waals surface area contributed by atoms with E-state index in [4.69, 9.17) is 18.9 Å². The Balaban J connectivity index is 1.33. The predicted octanol–water partition coefficient (Wildman–Crippen LogP) is 6.83. The smallest absolute Gasteiger partial charge is 0.330 e. The largest absolute Gasteiger partial charge is 0.459 e. The molecule has 3 rings (SSSR count). The van der Waals surface area contributed by atoms with Gasteiger partial charge >= 0.3 is 11.9 Å². The SMILES string of the molecule is C=CC(=O)OC(COCC1CCC(COCC(CSc2ccccc2)OC(=O)CC)CC1)CSc1ccccc1. The maximum Gasteiger partial charge on any atom is 0.330 e. The first-order valence-corrected chi connectivity index (χ1v) is 16.1. The first-order chi connectivity index (χ1) is 19.6. The van der Waals surface area contributed by atoms with Crippen molar-refractivity contribution < 1.29 is 28.5 Å². The van der Waals surface area contributed by atoms with Crippen LogP contribution in [0.4, 0.5) is 0 Å². The van der Waals surface area contributed by atoms with E-state index in [1.165, 1.54) is 6.08 Å². The molecule has 0 bridgehead atoms. The molecule has 218 valence electrons. The standard InChI is InChI=1S/C32H42O6S2/c1-3-31(33)37-27(23-39-29-11-7-5-8-12-29)21-35-19-25-15-17-26(18-16-25)20-36-22-28(38-32(34)4-2)24-40-30-13-9-6-10-14-30/h3,5-14,25-28H,1,4,15-24H2,2H3. The van der Waals surface area contributed by atoms with E-state index < -0.39 is 5.97 Å². The van der Waals surface area contributed by atoms with Crippen molar-refractivity contribution in [3.05, 3.63) is 73.3 Å². The van der Waals surface area contributed by atoms with Gasteiger partial charge in [-0.15, -0.1) is 23.5 Å². The molecular weight excluding hydrogens is 544 g/mol. The number of benzene rings is 2. The van der Waals surface area contributed by atoms with Gasteiger partial charge in [0.05, 0.1) is 13.2 Å². The van der Waals surface area contributed by atoms with Crippen molar-refractivity contribution in [3.8, 4) is 0 Å². The molecule has 0 aromatic heterocycles. The van der Waals surface area contributed by atoms with E-state index in [1.54, 1.807) is 23.5 Å². The molecule has 2 unspecified atom stereocenters. The van der Waals surface area contributed by atoms with Crippen LogP contribution in [0.25, 0.3) is 0 Å². The number of thioether (sulfide) groups is 2. The minimum Gasteiger partial charge on any atom is -0.459 e. The Morgan fingerprint density at radius 1 is 0.800 bits per heavy atom. The lowest BCUT2D eigenvalue weighted by atomic mass is 9.83. The van der Waals surface area contributed by atoms with Crippen LogP contribution in [-0.2, 0) is 28.5 Å². The Bertz CT molecular complexity index is 995. The molecule has 40 heavy (non-hydrogen) atoms. The van der Waals surface area contributed by atoms with Gasteiger partial charge in [0.15, 0.2) is 0 Å². The number of ether oxygens (including phenoxy) is 4. The number of esters is 2. The summed E-state index contributed by atoms with van der Waals surface area (Å²) in [6, 6.07) is 20.2. The Hall–Kier alpha value is -2.26. The van der Waals surface area contributed by atoms with Crippen LogP contribution < -0.4 is 0 Å². The Morgan fingerprint density at radius 2 is 1.25 bits per heavy atom. The van der Waals surface area contributed by atoms with Crippen LogP contribution in [0, 0.1) is 11.8 Å². The molecule has 0 amide bonds. The van der Waals surface area contributed by atoms with Crippen LogP contribution >= 0.6 is 23.5 Å².